The second-order valence-corrected chi connectivity index (χ2v) is 6.59. The van der Waals surface area contributed by atoms with Gasteiger partial charge in [0.1, 0.15) is 0 Å². The Bertz CT molecular complexity index is 411. The summed E-state index contributed by atoms with van der Waals surface area (Å²) >= 11 is 0.250. The van der Waals surface area contributed by atoms with Gasteiger partial charge in [-0.1, -0.05) is 24.4 Å². The highest BCUT2D eigenvalue weighted by molar-refractivity contribution is 14.2. The van der Waals surface area contributed by atoms with Gasteiger partial charge in [0, 0.05) is 0 Å². The SMILES string of the molecule is C1=CC=C(C2=CC=IC=C2)C=CI=1. The molecule has 0 nitrogen and oxygen atoms in total. The molecule has 2 heterocycles. The summed E-state index contributed by atoms with van der Waals surface area (Å²) in [5, 5.41) is 0. The first-order chi connectivity index (χ1) is 6.47. The summed E-state index contributed by atoms with van der Waals surface area (Å²) in [5.74, 6) is 0. The Balaban J connectivity index is 2.33. The first kappa shape index (κ1) is 9.49. The molecule has 0 aliphatic carbocycles. The predicted octanol–water partition coefficient (Wildman–Crippen LogP) is 3.59. The normalized spacial score (nSPS) is 19.7. The molecule has 0 aromatic carbocycles. The number of rotatable bonds is 1. The van der Waals surface area contributed by atoms with Gasteiger partial charge in [-0.2, -0.15) is 0 Å². The van der Waals surface area contributed by atoms with E-state index in [1.807, 2.05) is 0 Å². The Morgan fingerprint density at radius 3 is 2.69 bits per heavy atom. The molecule has 0 unspecified atom stereocenters. The smallest absolute Gasteiger partial charge is 0.0133 e. The molecule has 2 aliphatic heterocycles. The summed E-state index contributed by atoms with van der Waals surface area (Å²) < 4.78 is 10.1. The van der Waals surface area contributed by atoms with Gasteiger partial charge in [0.2, 0.25) is 0 Å². The lowest BCUT2D eigenvalue weighted by Crippen LogP contribution is -1.84. The Labute approximate surface area is 97.9 Å². The Morgan fingerprint density at radius 2 is 1.85 bits per heavy atom. The molecule has 0 radical (unpaired) electrons. The molecule has 0 atom stereocenters. The second-order valence-electron chi connectivity index (χ2n) is 2.47. The molecule has 13 heavy (non-hydrogen) atoms. The molecule has 0 bridgehead atoms. The van der Waals surface area contributed by atoms with Gasteiger partial charge >= 0.3 is 0 Å². The highest BCUT2D eigenvalue weighted by Gasteiger charge is 1.98. The van der Waals surface area contributed by atoms with Gasteiger partial charge in [0.05, 0.1) is 0 Å². The van der Waals surface area contributed by atoms with E-state index in [1.54, 1.807) is 0 Å². The number of hydrogen-bond acceptors (Lipinski definition) is 0. The van der Waals surface area contributed by atoms with Crippen molar-refractivity contribution in [1.29, 1.82) is 0 Å². The predicted molar refractivity (Wildman–Crippen MR) is 78.1 cm³/mol. The molecule has 0 saturated carbocycles. The minimum absolute atomic E-state index is 0.0446. The van der Waals surface area contributed by atoms with Crippen LogP contribution in [0.2, 0.25) is 0 Å². The third-order valence-electron chi connectivity index (χ3n) is 1.66. The van der Waals surface area contributed by atoms with Crippen LogP contribution in [0.1, 0.15) is 0 Å². The van der Waals surface area contributed by atoms with Crippen LogP contribution < -0.4 is 0 Å². The van der Waals surface area contributed by atoms with Crippen molar-refractivity contribution in [2.45, 2.75) is 0 Å². The number of hydrogen-bond donors (Lipinski definition) is 0. The maximum atomic E-state index is 3.28. The van der Waals surface area contributed by atoms with Gasteiger partial charge in [0.15, 0.2) is 0 Å². The Hall–Kier alpha value is -0.0600. The lowest BCUT2D eigenvalue weighted by Gasteiger charge is -2.02. The van der Waals surface area contributed by atoms with Crippen molar-refractivity contribution < 1.29 is 0 Å². The van der Waals surface area contributed by atoms with Crippen molar-refractivity contribution in [3.63, 3.8) is 0 Å². The van der Waals surface area contributed by atoms with Gasteiger partial charge in [-0.25, -0.2) is 0 Å². The molecule has 2 heteroatoms. The zero-order valence-corrected chi connectivity index (χ0v) is 11.2. The zero-order chi connectivity index (χ0) is 8.93. The molecule has 0 fully saturated rings. The topological polar surface area (TPSA) is 0 Å². The molecule has 0 aromatic rings. The fourth-order valence-electron chi connectivity index (χ4n) is 1.04. The molecule has 0 aromatic heterocycles. The van der Waals surface area contributed by atoms with Crippen LogP contribution in [0, 0.1) is 0 Å². The van der Waals surface area contributed by atoms with E-state index in [9.17, 15) is 0 Å². The molecule has 0 N–H and O–H groups in total. The Morgan fingerprint density at radius 1 is 1.00 bits per heavy atom. The quantitative estimate of drug-likeness (QED) is 0.597. The van der Waals surface area contributed by atoms with E-state index in [4.69, 9.17) is 0 Å². The summed E-state index contributed by atoms with van der Waals surface area (Å²) in [6.07, 6.45) is 10.9. The summed E-state index contributed by atoms with van der Waals surface area (Å²) in [7, 11) is 0. The monoisotopic (exact) mass is 394 g/mol. The molecular formula is C11H8I2. The van der Waals surface area contributed by atoms with Crippen molar-refractivity contribution in [3.8, 4) is 0 Å². The van der Waals surface area contributed by atoms with Crippen LogP contribution in [0.25, 0.3) is 0 Å². The molecule has 0 spiro atoms. The van der Waals surface area contributed by atoms with Crippen LogP contribution in [0.3, 0.4) is 0 Å². The van der Waals surface area contributed by atoms with E-state index >= 15 is 0 Å². The van der Waals surface area contributed by atoms with Crippen molar-refractivity contribution >= 4 is 49.1 Å². The number of allylic oxidation sites excluding steroid dienone is 7. The maximum absolute atomic E-state index is 3.28. The van der Waals surface area contributed by atoms with Crippen molar-refractivity contribution in [2.75, 3.05) is 0 Å². The van der Waals surface area contributed by atoms with Crippen molar-refractivity contribution in [3.05, 3.63) is 49.7 Å². The molecule has 0 amide bonds. The minimum Gasteiger partial charge on any atom is -0.0937 e. The molecule has 2 rings (SSSR count). The zero-order valence-electron chi connectivity index (χ0n) is 6.87. The van der Waals surface area contributed by atoms with E-state index in [0.29, 0.717) is 0 Å². The second kappa shape index (κ2) is 4.98. The van der Waals surface area contributed by atoms with Crippen molar-refractivity contribution in [2.24, 2.45) is 0 Å². The van der Waals surface area contributed by atoms with Gasteiger partial charge in [0.25, 0.3) is 0 Å². The van der Waals surface area contributed by atoms with Crippen LogP contribution in [-0.4, -0.2) is 7.68 Å². The van der Waals surface area contributed by atoms with Crippen LogP contribution in [0.5, 0.6) is 0 Å². The highest BCUT2D eigenvalue weighted by Crippen LogP contribution is 2.20. The van der Waals surface area contributed by atoms with E-state index in [-0.39, 0.29) is 41.5 Å². The first-order valence-corrected chi connectivity index (χ1v) is 8.69. The fourth-order valence-corrected chi connectivity index (χ4v) is 3.63. The minimum atomic E-state index is 0.0446. The number of halogens is 2. The lowest BCUT2D eigenvalue weighted by atomic mass is 10.1. The average molecular weight is 394 g/mol. The van der Waals surface area contributed by atoms with Gasteiger partial charge in [-0.15, -0.1) is 0 Å². The molecule has 0 saturated heterocycles. The maximum Gasteiger partial charge on any atom is -0.0133 e. The van der Waals surface area contributed by atoms with Crippen LogP contribution in [0.15, 0.2) is 49.7 Å². The van der Waals surface area contributed by atoms with Gasteiger partial charge < -0.3 is 0 Å². The summed E-state index contributed by atoms with van der Waals surface area (Å²) in [4.78, 5) is 0. The van der Waals surface area contributed by atoms with Crippen LogP contribution >= 0.6 is 41.5 Å². The van der Waals surface area contributed by atoms with E-state index in [2.05, 4.69) is 46.2 Å². The first-order valence-electron chi connectivity index (χ1n) is 3.87. The van der Waals surface area contributed by atoms with Gasteiger partial charge in [-0.3, -0.25) is 0 Å². The van der Waals surface area contributed by atoms with E-state index in [1.165, 1.54) is 11.1 Å². The fraction of sp³-hybridized carbons (Fsp3) is 0. The lowest BCUT2D eigenvalue weighted by molar-refractivity contribution is 1.58. The third kappa shape index (κ3) is 2.69. The molecule has 2 aliphatic rings. The molecular weight excluding hydrogens is 386 g/mol. The highest BCUT2D eigenvalue weighted by atomic mass is 127. The summed E-state index contributed by atoms with van der Waals surface area (Å²) in [6, 6.07) is 0. The van der Waals surface area contributed by atoms with E-state index < -0.39 is 0 Å². The largest absolute Gasteiger partial charge is 0.0937 e. The molecule has 66 valence electrons. The average Bonchev–Trinajstić information content (AvgIpc) is 2.47. The van der Waals surface area contributed by atoms with E-state index in [0.717, 1.165) is 0 Å². The Kier molecular flexibility index (Phi) is 3.64. The van der Waals surface area contributed by atoms with Crippen molar-refractivity contribution in [1.82, 2.24) is 0 Å². The summed E-state index contributed by atoms with van der Waals surface area (Å²) in [5.41, 5.74) is 2.66. The summed E-state index contributed by atoms with van der Waals surface area (Å²) in [6.45, 7) is 0. The van der Waals surface area contributed by atoms with Gasteiger partial charge in [-0.05, 0) is 74.4 Å². The standard InChI is InChI=1S/C11H8I2/c1-2-10(3-7-12-6-1)11-4-8-13-9-5-11/h1-5,7-9H. The van der Waals surface area contributed by atoms with Crippen LogP contribution in [-0.2, 0) is 0 Å². The third-order valence-corrected chi connectivity index (χ3v) is 4.65. The van der Waals surface area contributed by atoms with Crippen LogP contribution in [0.4, 0.5) is 0 Å².